The maximum atomic E-state index is 12.8. The van der Waals surface area contributed by atoms with Crippen LogP contribution in [-0.2, 0) is 11.3 Å². The van der Waals surface area contributed by atoms with Crippen molar-refractivity contribution in [3.8, 4) is 11.4 Å². The SMILES string of the molecule is Cc1ccc(CN2CCC(Nc3cc(C)nc(-c4cccnc4)n3)C2=O)cc1. The largest absolute Gasteiger partial charge is 0.358 e. The van der Waals surface area contributed by atoms with E-state index in [0.717, 1.165) is 29.8 Å². The molecule has 1 aliphatic heterocycles. The van der Waals surface area contributed by atoms with Crippen LogP contribution in [0, 0.1) is 13.8 Å². The molecule has 1 saturated heterocycles. The van der Waals surface area contributed by atoms with Crippen LogP contribution in [0.3, 0.4) is 0 Å². The monoisotopic (exact) mass is 373 g/mol. The molecule has 0 bridgehead atoms. The zero-order chi connectivity index (χ0) is 19.5. The third kappa shape index (κ3) is 4.01. The van der Waals surface area contributed by atoms with Crippen molar-refractivity contribution in [1.82, 2.24) is 19.9 Å². The van der Waals surface area contributed by atoms with Crippen molar-refractivity contribution in [3.63, 3.8) is 0 Å². The summed E-state index contributed by atoms with van der Waals surface area (Å²) in [5.74, 6) is 1.39. The van der Waals surface area contributed by atoms with E-state index in [1.165, 1.54) is 5.56 Å². The van der Waals surface area contributed by atoms with Gasteiger partial charge in [-0.2, -0.15) is 0 Å². The first-order chi connectivity index (χ1) is 13.6. The number of hydrogen-bond acceptors (Lipinski definition) is 5. The average molecular weight is 373 g/mol. The highest BCUT2D eigenvalue weighted by molar-refractivity contribution is 5.86. The highest BCUT2D eigenvalue weighted by atomic mass is 16.2. The highest BCUT2D eigenvalue weighted by Gasteiger charge is 2.31. The number of nitrogens with one attached hydrogen (secondary N) is 1. The van der Waals surface area contributed by atoms with Crippen LogP contribution < -0.4 is 5.32 Å². The van der Waals surface area contributed by atoms with E-state index in [2.05, 4.69) is 51.5 Å². The lowest BCUT2D eigenvalue weighted by Gasteiger charge is -2.18. The molecule has 3 heterocycles. The minimum atomic E-state index is -0.263. The van der Waals surface area contributed by atoms with Gasteiger partial charge in [-0.05, 0) is 38.0 Å². The molecule has 0 aliphatic carbocycles. The van der Waals surface area contributed by atoms with Crippen molar-refractivity contribution in [2.45, 2.75) is 32.9 Å². The summed E-state index contributed by atoms with van der Waals surface area (Å²) in [4.78, 5) is 27.9. The third-order valence-electron chi connectivity index (χ3n) is 4.89. The summed E-state index contributed by atoms with van der Waals surface area (Å²) in [6.45, 7) is 5.37. The molecular weight excluding hydrogens is 350 g/mol. The Bertz CT molecular complexity index is 972. The standard InChI is InChI=1S/C22H23N5O/c1-15-5-7-17(8-6-15)14-27-11-9-19(22(27)28)25-20-12-16(2)24-21(26-20)18-4-3-10-23-13-18/h3-8,10,12-13,19H,9,11,14H2,1-2H3,(H,24,25,26). The zero-order valence-electron chi connectivity index (χ0n) is 16.1. The summed E-state index contributed by atoms with van der Waals surface area (Å²) in [6, 6.07) is 13.7. The number of aromatic nitrogens is 3. The smallest absolute Gasteiger partial charge is 0.245 e. The third-order valence-corrected chi connectivity index (χ3v) is 4.89. The molecule has 142 valence electrons. The van der Waals surface area contributed by atoms with E-state index in [4.69, 9.17) is 0 Å². The molecule has 1 aliphatic rings. The Morgan fingerprint density at radius 3 is 2.71 bits per heavy atom. The summed E-state index contributed by atoms with van der Waals surface area (Å²) < 4.78 is 0. The van der Waals surface area contributed by atoms with Crippen LogP contribution in [0.25, 0.3) is 11.4 Å². The molecule has 0 spiro atoms. The molecule has 2 aromatic heterocycles. The van der Waals surface area contributed by atoms with Crippen molar-refractivity contribution in [3.05, 3.63) is 71.7 Å². The average Bonchev–Trinajstić information content (AvgIpc) is 3.03. The topological polar surface area (TPSA) is 71.0 Å². The molecule has 0 saturated carbocycles. The molecular formula is C22H23N5O. The lowest BCUT2D eigenvalue weighted by atomic mass is 10.1. The van der Waals surface area contributed by atoms with Gasteiger partial charge < -0.3 is 10.2 Å². The summed E-state index contributed by atoms with van der Waals surface area (Å²) >= 11 is 0. The van der Waals surface area contributed by atoms with Crippen LogP contribution in [0.4, 0.5) is 5.82 Å². The highest BCUT2D eigenvalue weighted by Crippen LogP contribution is 2.21. The maximum Gasteiger partial charge on any atom is 0.245 e. The molecule has 1 atom stereocenters. The molecule has 1 amide bonds. The van der Waals surface area contributed by atoms with Crippen LogP contribution in [-0.4, -0.2) is 38.3 Å². The number of aryl methyl sites for hydroxylation is 2. The van der Waals surface area contributed by atoms with E-state index in [1.54, 1.807) is 12.4 Å². The Labute approximate surface area is 164 Å². The lowest BCUT2D eigenvalue weighted by molar-refractivity contribution is -0.128. The van der Waals surface area contributed by atoms with E-state index in [-0.39, 0.29) is 11.9 Å². The van der Waals surface area contributed by atoms with Gasteiger partial charge in [-0.3, -0.25) is 9.78 Å². The molecule has 6 nitrogen and oxygen atoms in total. The van der Waals surface area contributed by atoms with Crippen LogP contribution in [0.2, 0.25) is 0 Å². The number of likely N-dealkylation sites (tertiary alicyclic amines) is 1. The van der Waals surface area contributed by atoms with Crippen molar-refractivity contribution in [1.29, 1.82) is 0 Å². The Morgan fingerprint density at radius 1 is 1.14 bits per heavy atom. The molecule has 28 heavy (non-hydrogen) atoms. The van der Waals surface area contributed by atoms with Gasteiger partial charge in [0.25, 0.3) is 0 Å². The molecule has 4 rings (SSSR count). The molecule has 1 unspecified atom stereocenters. The van der Waals surface area contributed by atoms with Gasteiger partial charge in [0.05, 0.1) is 0 Å². The minimum absolute atomic E-state index is 0.111. The zero-order valence-corrected chi connectivity index (χ0v) is 16.1. The van der Waals surface area contributed by atoms with Crippen LogP contribution in [0.1, 0.15) is 23.2 Å². The van der Waals surface area contributed by atoms with E-state index in [0.29, 0.717) is 18.2 Å². The van der Waals surface area contributed by atoms with Crippen LogP contribution >= 0.6 is 0 Å². The molecule has 3 aromatic rings. The first kappa shape index (κ1) is 18.1. The number of rotatable bonds is 5. The molecule has 6 heteroatoms. The Morgan fingerprint density at radius 2 is 1.96 bits per heavy atom. The van der Waals surface area contributed by atoms with Gasteiger partial charge in [0.2, 0.25) is 5.91 Å². The second-order valence-corrected chi connectivity index (χ2v) is 7.19. The van der Waals surface area contributed by atoms with Crippen molar-refractivity contribution in [2.24, 2.45) is 0 Å². The summed E-state index contributed by atoms with van der Waals surface area (Å²) in [5, 5.41) is 3.30. The number of amides is 1. The number of carbonyl (C=O) groups excluding carboxylic acids is 1. The van der Waals surface area contributed by atoms with E-state index in [1.807, 2.05) is 30.0 Å². The fourth-order valence-corrected chi connectivity index (χ4v) is 3.39. The fraction of sp³-hybridized carbons (Fsp3) is 0.273. The number of benzene rings is 1. The van der Waals surface area contributed by atoms with Gasteiger partial charge in [0, 0.05) is 42.8 Å². The minimum Gasteiger partial charge on any atom is -0.358 e. The Kier molecular flexibility index (Phi) is 5.02. The predicted molar refractivity (Wildman–Crippen MR) is 109 cm³/mol. The van der Waals surface area contributed by atoms with Crippen molar-refractivity contribution in [2.75, 3.05) is 11.9 Å². The Hall–Kier alpha value is -3.28. The van der Waals surface area contributed by atoms with Crippen molar-refractivity contribution < 1.29 is 4.79 Å². The number of nitrogens with zero attached hydrogens (tertiary/aromatic N) is 4. The van der Waals surface area contributed by atoms with Gasteiger partial charge in [-0.1, -0.05) is 29.8 Å². The van der Waals surface area contributed by atoms with E-state index in [9.17, 15) is 4.79 Å². The van der Waals surface area contributed by atoms with Gasteiger partial charge in [0.15, 0.2) is 5.82 Å². The van der Waals surface area contributed by atoms with Crippen LogP contribution in [0.5, 0.6) is 0 Å². The second-order valence-electron chi connectivity index (χ2n) is 7.19. The quantitative estimate of drug-likeness (QED) is 0.742. The van der Waals surface area contributed by atoms with Crippen molar-refractivity contribution >= 4 is 11.7 Å². The van der Waals surface area contributed by atoms with Gasteiger partial charge in [0.1, 0.15) is 11.9 Å². The molecule has 1 N–H and O–H groups in total. The Balaban J connectivity index is 1.47. The lowest BCUT2D eigenvalue weighted by Crippen LogP contribution is -2.33. The number of pyridine rings is 1. The van der Waals surface area contributed by atoms with Crippen LogP contribution in [0.15, 0.2) is 54.9 Å². The number of anilines is 1. The van der Waals surface area contributed by atoms with E-state index >= 15 is 0 Å². The molecule has 0 radical (unpaired) electrons. The van der Waals surface area contributed by atoms with E-state index < -0.39 is 0 Å². The molecule has 1 fully saturated rings. The number of carbonyl (C=O) groups is 1. The summed E-state index contributed by atoms with van der Waals surface area (Å²) in [6.07, 6.45) is 4.22. The number of hydrogen-bond donors (Lipinski definition) is 1. The first-order valence-corrected chi connectivity index (χ1v) is 9.45. The van der Waals surface area contributed by atoms with Gasteiger partial charge >= 0.3 is 0 Å². The normalized spacial score (nSPS) is 16.4. The summed E-state index contributed by atoms with van der Waals surface area (Å²) in [7, 11) is 0. The second kappa shape index (κ2) is 7.76. The fourth-order valence-electron chi connectivity index (χ4n) is 3.39. The first-order valence-electron chi connectivity index (χ1n) is 9.45. The predicted octanol–water partition coefficient (Wildman–Crippen LogP) is 3.37. The van der Waals surface area contributed by atoms with Gasteiger partial charge in [-0.15, -0.1) is 0 Å². The maximum absolute atomic E-state index is 12.8. The molecule has 1 aromatic carbocycles. The summed E-state index contributed by atoms with van der Waals surface area (Å²) in [5.41, 5.74) is 4.07. The van der Waals surface area contributed by atoms with Gasteiger partial charge in [-0.25, -0.2) is 9.97 Å².